The number of rotatable bonds is 0. The van der Waals surface area contributed by atoms with Crippen LogP contribution in [0.25, 0.3) is 0 Å². The van der Waals surface area contributed by atoms with Crippen LogP contribution in [0.4, 0.5) is 0 Å². The maximum absolute atomic E-state index is 2.97. The third kappa shape index (κ3) is 3.03. The first kappa shape index (κ1) is 8.36. The quantitative estimate of drug-likeness (QED) is 0.352. The second-order valence-corrected chi connectivity index (χ2v) is 3.09. The highest BCUT2D eigenvalue weighted by Crippen LogP contribution is 2.07. The maximum atomic E-state index is 2.97. The Kier molecular flexibility index (Phi) is 2.58. The Bertz CT molecular complexity index is 131. The molecule has 0 aromatic carbocycles. The molecule has 0 heterocycles. The van der Waals surface area contributed by atoms with E-state index in [1.165, 1.54) is 0 Å². The summed E-state index contributed by atoms with van der Waals surface area (Å²) < 4.78 is 0. The van der Waals surface area contributed by atoms with E-state index in [1.54, 1.807) is 0 Å². The molecule has 0 aromatic rings. The van der Waals surface area contributed by atoms with Crippen molar-refractivity contribution in [3.63, 3.8) is 0 Å². The Labute approximate surface area is 58.1 Å². The Balaban J connectivity index is 3.99. The van der Waals surface area contributed by atoms with E-state index >= 15 is 0 Å². The van der Waals surface area contributed by atoms with E-state index in [1.807, 2.05) is 18.9 Å². The van der Waals surface area contributed by atoms with Crippen molar-refractivity contribution in [1.82, 2.24) is 4.90 Å². The minimum atomic E-state index is 0.170. The van der Waals surface area contributed by atoms with Gasteiger partial charge in [-0.25, -0.2) is 0 Å². The van der Waals surface area contributed by atoms with E-state index < -0.39 is 0 Å². The van der Waals surface area contributed by atoms with Gasteiger partial charge in [-0.05, 0) is 27.7 Å². The Morgan fingerprint density at radius 1 is 1.22 bits per heavy atom. The molecule has 0 saturated carbocycles. The normalized spacial score (nSPS) is 9.89. The first-order chi connectivity index (χ1) is 3.98. The molecule has 52 valence electrons. The molecule has 0 N–H and O–H groups in total. The molecule has 0 aliphatic carbocycles. The Morgan fingerprint density at radius 3 is 1.78 bits per heavy atom. The highest BCUT2D eigenvalue weighted by Gasteiger charge is 2.12. The van der Waals surface area contributed by atoms with Gasteiger partial charge >= 0.3 is 0 Å². The summed E-state index contributed by atoms with van der Waals surface area (Å²) in [5, 5.41) is 0. The second kappa shape index (κ2) is 2.77. The van der Waals surface area contributed by atoms with E-state index in [0.29, 0.717) is 0 Å². The number of hydrogen-bond acceptors (Lipinski definition) is 1. The lowest BCUT2D eigenvalue weighted by Gasteiger charge is -2.27. The molecule has 0 aromatic heterocycles. The highest BCUT2D eigenvalue weighted by molar-refractivity contribution is 4.97. The Morgan fingerprint density at radius 2 is 1.67 bits per heavy atom. The average molecular weight is 125 g/mol. The average Bonchev–Trinajstić information content (AvgIpc) is 1.64. The van der Waals surface area contributed by atoms with Crippen LogP contribution in [0.1, 0.15) is 27.7 Å². The summed E-state index contributed by atoms with van der Waals surface area (Å²) in [6.07, 6.45) is 0. The molecule has 0 aliphatic rings. The van der Waals surface area contributed by atoms with Gasteiger partial charge in [0.1, 0.15) is 0 Å². The van der Waals surface area contributed by atoms with Crippen LogP contribution >= 0.6 is 0 Å². The lowest BCUT2D eigenvalue weighted by Crippen LogP contribution is -2.33. The molecule has 0 radical (unpaired) electrons. The summed E-state index contributed by atoms with van der Waals surface area (Å²) in [6, 6.07) is 2.97. The van der Waals surface area contributed by atoms with Crippen molar-refractivity contribution >= 4 is 0 Å². The number of hydrogen-bond donors (Lipinski definition) is 0. The van der Waals surface area contributed by atoms with Crippen molar-refractivity contribution in [3.05, 3.63) is 0 Å². The van der Waals surface area contributed by atoms with Crippen LogP contribution in [0.3, 0.4) is 0 Å². The molecule has 0 bridgehead atoms. The zero-order chi connectivity index (χ0) is 7.49. The molecule has 0 saturated heterocycles. The van der Waals surface area contributed by atoms with E-state index in [4.69, 9.17) is 0 Å². The fourth-order valence-corrected chi connectivity index (χ4v) is 0.335. The monoisotopic (exact) mass is 125 g/mol. The van der Waals surface area contributed by atoms with Crippen LogP contribution in [0.2, 0.25) is 0 Å². The van der Waals surface area contributed by atoms with Crippen molar-refractivity contribution in [2.24, 2.45) is 0 Å². The van der Waals surface area contributed by atoms with Crippen LogP contribution in [-0.4, -0.2) is 17.5 Å². The van der Waals surface area contributed by atoms with Crippen molar-refractivity contribution in [2.45, 2.75) is 33.2 Å². The van der Waals surface area contributed by atoms with E-state index in [9.17, 15) is 0 Å². The highest BCUT2D eigenvalue weighted by atomic mass is 15.1. The predicted molar refractivity (Wildman–Crippen MR) is 41.0 cm³/mol. The molecule has 0 aliphatic heterocycles. The van der Waals surface area contributed by atoms with Gasteiger partial charge in [0.15, 0.2) is 0 Å². The smallest absolute Gasteiger partial charge is 0.0393 e. The summed E-state index contributed by atoms with van der Waals surface area (Å²) in [7, 11) is 2.00. The number of nitrogens with zero attached hydrogens (tertiary/aromatic N) is 1. The lowest BCUT2D eigenvalue weighted by molar-refractivity contribution is 0.266. The van der Waals surface area contributed by atoms with Gasteiger partial charge in [0.2, 0.25) is 0 Å². The van der Waals surface area contributed by atoms with Crippen molar-refractivity contribution in [1.29, 1.82) is 0 Å². The van der Waals surface area contributed by atoms with Crippen LogP contribution in [-0.2, 0) is 0 Å². The molecule has 0 fully saturated rings. The first-order valence-electron chi connectivity index (χ1n) is 3.14. The van der Waals surface area contributed by atoms with Crippen LogP contribution < -0.4 is 0 Å². The molecule has 0 unspecified atom stereocenters. The fourth-order valence-electron chi connectivity index (χ4n) is 0.335. The molecule has 0 rings (SSSR count). The summed E-state index contributed by atoms with van der Waals surface area (Å²) in [5.41, 5.74) is 0.170. The summed E-state index contributed by atoms with van der Waals surface area (Å²) in [6.45, 7) is 8.26. The maximum Gasteiger partial charge on any atom is 0.0393 e. The third-order valence-corrected chi connectivity index (χ3v) is 1.29. The molecular weight excluding hydrogens is 110 g/mol. The summed E-state index contributed by atoms with van der Waals surface area (Å²) in [5.74, 6) is 2.85. The van der Waals surface area contributed by atoms with Crippen LogP contribution in [0.5, 0.6) is 0 Å². The van der Waals surface area contributed by atoms with E-state index in [-0.39, 0.29) is 5.54 Å². The first-order valence-corrected chi connectivity index (χ1v) is 3.14. The molecule has 0 atom stereocenters. The van der Waals surface area contributed by atoms with Gasteiger partial charge < -0.3 is 4.90 Å². The van der Waals surface area contributed by atoms with E-state index in [2.05, 4.69) is 32.7 Å². The fraction of sp³-hybridized carbons (Fsp3) is 0.750. The molecular formula is C8H15N. The SMILES string of the molecule is CC#CN(C)C(C)(C)C. The van der Waals surface area contributed by atoms with Gasteiger partial charge in [-0.3, -0.25) is 0 Å². The standard InChI is InChI=1S/C8H15N/c1-6-7-9(5)8(2,3)4/h1-5H3. The minimum Gasteiger partial charge on any atom is -0.330 e. The molecule has 9 heavy (non-hydrogen) atoms. The largest absolute Gasteiger partial charge is 0.330 e. The minimum absolute atomic E-state index is 0.170. The Hall–Kier alpha value is -0.640. The lowest BCUT2D eigenvalue weighted by atomic mass is 10.1. The summed E-state index contributed by atoms with van der Waals surface area (Å²) >= 11 is 0. The molecule has 1 nitrogen and oxygen atoms in total. The zero-order valence-electron chi connectivity index (χ0n) is 6.95. The van der Waals surface area contributed by atoms with Crippen LogP contribution in [0.15, 0.2) is 0 Å². The van der Waals surface area contributed by atoms with Gasteiger partial charge in [0.25, 0.3) is 0 Å². The van der Waals surface area contributed by atoms with Crippen molar-refractivity contribution in [3.8, 4) is 12.0 Å². The third-order valence-electron chi connectivity index (χ3n) is 1.29. The van der Waals surface area contributed by atoms with Crippen molar-refractivity contribution in [2.75, 3.05) is 7.05 Å². The van der Waals surface area contributed by atoms with Gasteiger partial charge in [0, 0.05) is 18.6 Å². The molecule has 0 amide bonds. The predicted octanol–water partition coefficient (Wildman–Crippen LogP) is 1.70. The van der Waals surface area contributed by atoms with Crippen LogP contribution in [0, 0.1) is 12.0 Å². The summed E-state index contributed by atoms with van der Waals surface area (Å²) in [4.78, 5) is 2.01. The van der Waals surface area contributed by atoms with E-state index in [0.717, 1.165) is 0 Å². The topological polar surface area (TPSA) is 3.24 Å². The molecule has 0 spiro atoms. The van der Waals surface area contributed by atoms with Gasteiger partial charge in [-0.15, -0.1) is 0 Å². The zero-order valence-corrected chi connectivity index (χ0v) is 6.95. The van der Waals surface area contributed by atoms with Gasteiger partial charge in [-0.1, -0.05) is 5.92 Å². The van der Waals surface area contributed by atoms with Crippen molar-refractivity contribution < 1.29 is 0 Å². The molecule has 1 heteroatoms. The van der Waals surface area contributed by atoms with Gasteiger partial charge in [0.05, 0.1) is 0 Å². The second-order valence-electron chi connectivity index (χ2n) is 3.09. The van der Waals surface area contributed by atoms with Gasteiger partial charge in [-0.2, -0.15) is 0 Å².